The molecule has 0 radical (unpaired) electrons. The molecule has 0 fully saturated rings. The second-order valence-corrected chi connectivity index (χ2v) is 5.28. The fraction of sp³-hybridized carbons (Fsp3) is 0.400. The van der Waals surface area contributed by atoms with E-state index in [-0.39, 0.29) is 51.4 Å². The molecule has 3 rings (SSSR count). The number of tetrazole rings is 1. The van der Waals surface area contributed by atoms with E-state index in [1.807, 2.05) is 0 Å². The first kappa shape index (κ1) is 16.8. The van der Waals surface area contributed by atoms with Gasteiger partial charge in [0.15, 0.2) is 0 Å². The van der Waals surface area contributed by atoms with Gasteiger partial charge in [0, 0.05) is 29.0 Å². The van der Waals surface area contributed by atoms with Gasteiger partial charge in [0.1, 0.15) is 0 Å². The zero-order valence-electron chi connectivity index (χ0n) is 13.1. The van der Waals surface area contributed by atoms with Gasteiger partial charge in [-0.3, -0.25) is 10.3 Å². The van der Waals surface area contributed by atoms with Gasteiger partial charge in [0.2, 0.25) is 0 Å². The molecule has 0 unspecified atom stereocenters. The summed E-state index contributed by atoms with van der Waals surface area (Å²) >= 11 is 0. The average Bonchev–Trinajstić information content (AvgIpc) is 3.04. The molecule has 0 saturated carbocycles. The van der Waals surface area contributed by atoms with Crippen LogP contribution in [-0.4, -0.2) is 20.1 Å². The van der Waals surface area contributed by atoms with E-state index < -0.39 is 0 Å². The van der Waals surface area contributed by atoms with Crippen molar-refractivity contribution in [3.8, 4) is 0 Å². The van der Waals surface area contributed by atoms with E-state index >= 15 is 0 Å². The van der Waals surface area contributed by atoms with Crippen LogP contribution in [0.15, 0.2) is 18.2 Å². The number of hydrogen-bond acceptors (Lipinski definition) is 3. The largest absolute Gasteiger partial charge is 1.00 e. The zero-order chi connectivity index (χ0) is 14.1. The molecular weight excluding hydrogens is 289 g/mol. The Morgan fingerprint density at radius 3 is 2.71 bits per heavy atom. The minimum Gasteiger partial charge on any atom is -0.345 e. The molecule has 2 aromatic heterocycles. The summed E-state index contributed by atoms with van der Waals surface area (Å²) in [7, 11) is 0. The third-order valence-corrected chi connectivity index (χ3v) is 3.97. The molecule has 21 heavy (non-hydrogen) atoms. The summed E-state index contributed by atoms with van der Waals surface area (Å²) in [6.07, 6.45) is 1.81. The maximum absolute atomic E-state index is 3.86. The van der Waals surface area contributed by atoms with Gasteiger partial charge in [-0.1, -0.05) is 6.07 Å². The molecule has 0 saturated heterocycles. The fourth-order valence-corrected chi connectivity index (χ4v) is 2.67. The van der Waals surface area contributed by atoms with Gasteiger partial charge in [0.05, 0.1) is 0 Å². The van der Waals surface area contributed by atoms with Crippen molar-refractivity contribution in [3.05, 3.63) is 40.8 Å². The Labute approximate surface area is 166 Å². The summed E-state index contributed by atoms with van der Waals surface area (Å²) < 4.78 is 2.37. The molecule has 2 heterocycles. The van der Waals surface area contributed by atoms with Crippen LogP contribution in [0.3, 0.4) is 0 Å². The summed E-state index contributed by atoms with van der Waals surface area (Å²) in [5, 5.41) is 16.1. The normalized spacial score (nSPS) is 10.8. The topological polar surface area (TPSA) is 57.7 Å². The Kier molecular flexibility index (Phi) is 5.73. The number of nitrogens with zero attached hydrogens (tertiary/aromatic N) is 5. The van der Waals surface area contributed by atoms with Crippen LogP contribution in [0, 0.1) is 20.8 Å². The molecule has 0 bridgehead atoms. The average molecular weight is 307 g/mol. The van der Waals surface area contributed by atoms with Crippen LogP contribution in [0.5, 0.6) is 0 Å². The first-order chi connectivity index (χ1) is 9.66. The van der Waals surface area contributed by atoms with Crippen molar-refractivity contribution >= 4 is 10.9 Å². The third-order valence-electron chi connectivity index (χ3n) is 3.97. The van der Waals surface area contributed by atoms with E-state index in [1.165, 1.54) is 27.7 Å². The van der Waals surface area contributed by atoms with Crippen molar-refractivity contribution in [2.24, 2.45) is 0 Å². The molecule has 0 aliphatic carbocycles. The predicted molar refractivity (Wildman–Crippen MR) is 77.6 cm³/mol. The smallest absolute Gasteiger partial charge is 0.345 e. The van der Waals surface area contributed by atoms with Crippen molar-refractivity contribution in [1.82, 2.24) is 25.2 Å². The fourth-order valence-electron chi connectivity index (χ4n) is 2.67. The molecule has 5 nitrogen and oxygen atoms in total. The van der Waals surface area contributed by atoms with E-state index in [0.717, 1.165) is 25.2 Å². The maximum Gasteiger partial charge on any atom is 1.00 e. The third kappa shape index (κ3) is 3.45. The van der Waals surface area contributed by atoms with Crippen LogP contribution in [-0.2, 0) is 13.0 Å². The molecule has 0 atom stereocenters. The monoisotopic (exact) mass is 307 g/mol. The van der Waals surface area contributed by atoms with Crippen molar-refractivity contribution < 1.29 is 51.4 Å². The summed E-state index contributed by atoms with van der Waals surface area (Å²) in [5.74, 6) is 0.728. The molecule has 0 N–H and O–H groups in total. The van der Waals surface area contributed by atoms with Gasteiger partial charge in [-0.25, -0.2) is 0 Å². The number of benzene rings is 1. The number of rotatable bonds is 4. The van der Waals surface area contributed by atoms with Crippen molar-refractivity contribution in [2.45, 2.75) is 40.2 Å². The number of aryl methyl sites for hydroxylation is 5. The molecule has 6 heteroatoms. The maximum atomic E-state index is 3.86. The molecule has 3 aromatic rings. The summed E-state index contributed by atoms with van der Waals surface area (Å²) in [4.78, 5) is 0. The van der Waals surface area contributed by atoms with Crippen molar-refractivity contribution in [3.63, 3.8) is 0 Å². The van der Waals surface area contributed by atoms with Crippen LogP contribution in [0.2, 0.25) is 0 Å². The molecule has 0 spiro atoms. The van der Waals surface area contributed by atoms with E-state index in [0.29, 0.717) is 0 Å². The van der Waals surface area contributed by atoms with Crippen LogP contribution in [0.25, 0.3) is 10.9 Å². The molecular formula is C15H18KN5. The Hall–Kier alpha value is -0.534. The van der Waals surface area contributed by atoms with Gasteiger partial charge in [0.25, 0.3) is 0 Å². The van der Waals surface area contributed by atoms with Gasteiger partial charge >= 0.3 is 51.4 Å². The van der Waals surface area contributed by atoms with Gasteiger partial charge < -0.3 is 9.67 Å². The SMILES string of the molecule is Cc1ccc2c(cc(C)n2CCCc2nnn[n-]2)c1C.[K+]. The van der Waals surface area contributed by atoms with Gasteiger partial charge in [-0.2, -0.15) is 5.21 Å². The van der Waals surface area contributed by atoms with Crippen molar-refractivity contribution in [2.75, 3.05) is 0 Å². The first-order valence-corrected chi connectivity index (χ1v) is 6.90. The number of hydrogen-bond donors (Lipinski definition) is 0. The predicted octanol–water partition coefficient (Wildman–Crippen LogP) is -0.654. The van der Waals surface area contributed by atoms with Crippen molar-refractivity contribution in [1.29, 1.82) is 0 Å². The zero-order valence-corrected chi connectivity index (χ0v) is 16.2. The standard InChI is InChI=1S/C15H18N5.K/c1-10-6-7-14-13(12(10)3)9-11(2)20(14)8-4-5-15-16-18-19-17-15;/h6-7,9H,4-5,8H2,1-3H3;/q-1;+1. The Balaban J connectivity index is 0.00000161. The van der Waals surface area contributed by atoms with Crippen LogP contribution in [0.4, 0.5) is 0 Å². The van der Waals surface area contributed by atoms with Crippen LogP contribution >= 0.6 is 0 Å². The molecule has 1 aromatic carbocycles. The van der Waals surface area contributed by atoms with Crippen LogP contribution < -0.4 is 56.5 Å². The van der Waals surface area contributed by atoms with E-state index in [9.17, 15) is 0 Å². The summed E-state index contributed by atoms with van der Waals surface area (Å²) in [6.45, 7) is 7.48. The Morgan fingerprint density at radius 2 is 2.00 bits per heavy atom. The molecule has 0 aliphatic rings. The first-order valence-electron chi connectivity index (χ1n) is 6.90. The minimum absolute atomic E-state index is 0. The Morgan fingerprint density at radius 1 is 1.19 bits per heavy atom. The van der Waals surface area contributed by atoms with Gasteiger partial charge in [-0.05, 0) is 56.9 Å². The minimum atomic E-state index is 0. The number of fused-ring (bicyclic) bond motifs is 1. The molecule has 0 amide bonds. The van der Waals surface area contributed by atoms with E-state index in [1.54, 1.807) is 0 Å². The summed E-state index contributed by atoms with van der Waals surface area (Å²) in [5.41, 5.74) is 5.33. The second-order valence-electron chi connectivity index (χ2n) is 5.28. The van der Waals surface area contributed by atoms with E-state index in [2.05, 4.69) is 64.2 Å². The van der Waals surface area contributed by atoms with E-state index in [4.69, 9.17) is 0 Å². The summed E-state index contributed by atoms with van der Waals surface area (Å²) in [6, 6.07) is 6.69. The quantitative estimate of drug-likeness (QED) is 0.601. The van der Waals surface area contributed by atoms with Crippen LogP contribution in [0.1, 0.15) is 29.1 Å². The Bertz CT molecular complexity index is 730. The number of aromatic nitrogens is 5. The van der Waals surface area contributed by atoms with Gasteiger partial charge in [-0.15, -0.1) is 0 Å². The molecule has 104 valence electrons. The second kappa shape index (κ2) is 7.15. The molecule has 0 aliphatic heterocycles.